The second-order valence-electron chi connectivity index (χ2n) is 14.5. The van der Waals surface area contributed by atoms with E-state index in [9.17, 15) is 26.9 Å². The third-order valence-corrected chi connectivity index (χ3v) is 13.6. The summed E-state index contributed by atoms with van der Waals surface area (Å²) in [4.78, 5) is 17.0. The van der Waals surface area contributed by atoms with Crippen LogP contribution in [0.15, 0.2) is 168 Å². The van der Waals surface area contributed by atoms with Crippen LogP contribution in [0.2, 0.25) is 0 Å². The molecule has 0 bridgehead atoms. The number of aromatic nitrogens is 2. The third kappa shape index (κ3) is 12.1. The molecule has 15 heteroatoms. The minimum atomic E-state index is -3.53. The molecule has 0 saturated heterocycles. The zero-order chi connectivity index (χ0) is 45.0. The molecule has 0 saturated carbocycles. The maximum absolute atomic E-state index is 12.5. The summed E-state index contributed by atoms with van der Waals surface area (Å²) in [5.41, 5.74) is 15.5. The number of nitrogens with zero attached hydrogens (tertiary/aromatic N) is 2. The van der Waals surface area contributed by atoms with Crippen LogP contribution in [0, 0.1) is 10.1 Å². The van der Waals surface area contributed by atoms with Crippen molar-refractivity contribution < 1.29 is 21.8 Å². The molecule has 0 unspecified atom stereocenters. The number of hydrogen-bond donors (Lipinski definition) is 4. The van der Waals surface area contributed by atoms with Gasteiger partial charge in [0.05, 0.1) is 25.9 Å². The van der Waals surface area contributed by atoms with Gasteiger partial charge in [0, 0.05) is 70.1 Å². The number of para-hydroxylation sites is 2. The first kappa shape index (κ1) is 48.4. The van der Waals surface area contributed by atoms with Crippen LogP contribution >= 0.6 is 10.7 Å². The highest BCUT2D eigenvalue weighted by molar-refractivity contribution is 8.13. The minimum absolute atomic E-state index is 0. The molecule has 0 spiro atoms. The second kappa shape index (κ2) is 22.1. The molecule has 2 aromatic heterocycles. The molecule has 0 aliphatic carbocycles. The number of aromatic amines is 2. The molecule has 2 aliphatic heterocycles. The van der Waals surface area contributed by atoms with Crippen LogP contribution in [0.4, 0.5) is 22.7 Å². The summed E-state index contributed by atoms with van der Waals surface area (Å²) in [6.45, 7) is 5.67. The Morgan fingerprint density at radius 2 is 1.20 bits per heavy atom. The molecule has 2 aliphatic rings. The number of nitro groups is 1. The van der Waals surface area contributed by atoms with Gasteiger partial charge in [0.15, 0.2) is 0 Å². The molecule has 0 radical (unpaired) electrons. The summed E-state index contributed by atoms with van der Waals surface area (Å²) in [7, 11) is -1.92. The van der Waals surface area contributed by atoms with Gasteiger partial charge >= 0.3 is 0 Å². The van der Waals surface area contributed by atoms with E-state index in [2.05, 4.69) is 58.6 Å². The lowest BCUT2D eigenvalue weighted by Gasteiger charge is -2.19. The number of fused-ring (bicyclic) bond motifs is 4. The number of nitrogens with one attached hydrogen (secondary N) is 3. The number of hydrogen-bond acceptors (Lipinski definition) is 8. The molecule has 10 rings (SSSR count). The van der Waals surface area contributed by atoms with E-state index in [0.29, 0.717) is 17.9 Å². The van der Waals surface area contributed by atoms with E-state index in [-0.39, 0.29) is 22.9 Å². The summed E-state index contributed by atoms with van der Waals surface area (Å²) in [5.74, 6) is 0. The zero-order valence-corrected chi connectivity index (χ0v) is 37.3. The average Bonchev–Trinajstić information content (AvgIpc) is 4.14. The second-order valence-corrected chi connectivity index (χ2v) is 18.9. The molecule has 8 aromatic rings. The maximum atomic E-state index is 12.5. The van der Waals surface area contributed by atoms with Crippen molar-refractivity contribution in [3.63, 3.8) is 0 Å². The largest absolute Gasteiger partial charge is 0.398 e. The number of nitro benzene ring substituents is 1. The Hall–Kier alpha value is -6.61. The van der Waals surface area contributed by atoms with Gasteiger partial charge in [-0.2, -0.15) is 0 Å². The van der Waals surface area contributed by atoms with Crippen LogP contribution in [0.1, 0.15) is 43.5 Å². The Labute approximate surface area is 379 Å². The van der Waals surface area contributed by atoms with E-state index in [0.717, 1.165) is 58.3 Å². The summed E-state index contributed by atoms with van der Waals surface area (Å²) in [6, 6.07) is 44.1. The van der Waals surface area contributed by atoms with Crippen LogP contribution < -0.4 is 15.4 Å². The molecule has 64 heavy (non-hydrogen) atoms. The lowest BCUT2D eigenvalue weighted by Crippen LogP contribution is -2.28. The van der Waals surface area contributed by atoms with E-state index in [1.165, 1.54) is 45.1 Å². The SMILES string of the molecule is C.CCc1cc2cc[nH]c2cc1N.CCc1cc2cc[nH]c2cc1[N+](=O)[O-].O=S(=O)(Cl)c1ccccc1.O=S(=O)(c1ccccc1)N1CCc2ccccc21.c1ccc2c(c1)CCN2. The van der Waals surface area contributed by atoms with Crippen molar-refractivity contribution in [3.8, 4) is 0 Å². The quantitative estimate of drug-likeness (QED) is 0.0549. The van der Waals surface area contributed by atoms with Gasteiger partial charge < -0.3 is 21.0 Å². The van der Waals surface area contributed by atoms with Gasteiger partial charge in [-0.15, -0.1) is 0 Å². The number of halogens is 1. The van der Waals surface area contributed by atoms with Gasteiger partial charge in [-0.25, -0.2) is 16.8 Å². The fourth-order valence-corrected chi connectivity index (χ4v) is 9.48. The van der Waals surface area contributed by atoms with E-state index < -0.39 is 19.1 Å². The molecule has 0 atom stereocenters. The number of H-pyrrole nitrogens is 2. The minimum Gasteiger partial charge on any atom is -0.398 e. The van der Waals surface area contributed by atoms with Gasteiger partial charge in [-0.05, 0) is 114 Å². The molecule has 12 nitrogen and oxygen atoms in total. The highest BCUT2D eigenvalue weighted by atomic mass is 35.7. The van der Waals surface area contributed by atoms with E-state index in [1.54, 1.807) is 54.7 Å². The van der Waals surface area contributed by atoms with Crippen molar-refractivity contribution in [1.29, 1.82) is 0 Å². The van der Waals surface area contributed by atoms with Crippen molar-refractivity contribution in [3.05, 3.63) is 190 Å². The molecule has 4 heterocycles. The summed E-state index contributed by atoms with van der Waals surface area (Å²) in [5, 5.41) is 16.3. The topological polar surface area (TPSA) is 184 Å². The molecule has 334 valence electrons. The third-order valence-electron chi connectivity index (χ3n) is 10.5. The van der Waals surface area contributed by atoms with Gasteiger partial charge in [-0.1, -0.05) is 94.1 Å². The molecule has 6 aromatic carbocycles. The Morgan fingerprint density at radius 3 is 1.77 bits per heavy atom. The fraction of sp³-hybridized carbons (Fsp3) is 0.184. The van der Waals surface area contributed by atoms with Crippen LogP contribution in [-0.2, 0) is 44.8 Å². The van der Waals surface area contributed by atoms with Crippen LogP contribution in [0.3, 0.4) is 0 Å². The maximum Gasteiger partial charge on any atom is 0.274 e. The highest BCUT2D eigenvalue weighted by Gasteiger charge is 2.30. The van der Waals surface area contributed by atoms with Crippen molar-refractivity contribution in [2.45, 2.75) is 56.7 Å². The standard InChI is InChI=1S/C14H13NO2S.C10H10N2O2.C10H12N2.C8H9N.C6H5ClO2S.CH4/c16-18(17,13-7-2-1-3-8-13)15-11-10-12-6-4-5-9-14(12)15;1-2-7-5-8-3-4-11-9(8)6-10(7)12(13)14;1-2-7-5-8-3-4-12-10(8)6-9(7)11;1-2-4-8-7(3-1)5-6-9-8;7-10(8,9)6-4-2-1-3-5-6;/h1-9H,10-11H2;3-6,11H,2H2,1H3;3-6,12H,2,11H2,1H3;1-4,9H,5-6H2;1-5H;1H4. The van der Waals surface area contributed by atoms with Gasteiger partial charge in [0.2, 0.25) is 0 Å². The van der Waals surface area contributed by atoms with Crippen molar-refractivity contribution in [1.82, 2.24) is 9.97 Å². The Morgan fingerprint density at radius 1 is 0.672 bits per heavy atom. The predicted molar refractivity (Wildman–Crippen MR) is 262 cm³/mol. The Kier molecular flexibility index (Phi) is 16.8. The molecular formula is C49H53ClN6O6S2. The summed E-state index contributed by atoms with van der Waals surface area (Å²) in [6.07, 6.45) is 7.36. The predicted octanol–water partition coefficient (Wildman–Crippen LogP) is 11.3. The van der Waals surface area contributed by atoms with Crippen LogP contribution in [-0.4, -0.2) is 44.8 Å². The lowest BCUT2D eigenvalue weighted by molar-refractivity contribution is -0.385. The number of nitrogen functional groups attached to an aromatic ring is 1. The number of rotatable bonds is 6. The smallest absolute Gasteiger partial charge is 0.274 e. The molecule has 5 N–H and O–H groups in total. The number of aryl methyl sites for hydroxylation is 2. The fourth-order valence-electron chi connectivity index (χ4n) is 7.16. The molecule has 0 fully saturated rings. The normalized spacial score (nSPS) is 12.3. The number of sulfonamides is 1. The monoisotopic (exact) mass is 920 g/mol. The number of anilines is 3. The highest BCUT2D eigenvalue weighted by Crippen LogP contribution is 2.32. The summed E-state index contributed by atoms with van der Waals surface area (Å²) >= 11 is 0. The summed E-state index contributed by atoms with van der Waals surface area (Å²) < 4.78 is 47.7. The van der Waals surface area contributed by atoms with Crippen LogP contribution in [0.25, 0.3) is 21.8 Å². The first-order valence-electron chi connectivity index (χ1n) is 20.4. The first-order chi connectivity index (χ1) is 30.3. The average molecular weight is 922 g/mol. The van der Waals surface area contributed by atoms with Gasteiger partial charge in [0.25, 0.3) is 24.8 Å². The van der Waals surface area contributed by atoms with Crippen molar-refractivity contribution in [2.24, 2.45) is 0 Å². The van der Waals surface area contributed by atoms with E-state index >= 15 is 0 Å². The Bertz CT molecular complexity index is 2990. The Balaban J connectivity index is 0.000000153. The number of benzene rings is 6. The lowest BCUT2D eigenvalue weighted by atomic mass is 10.1. The van der Waals surface area contributed by atoms with Crippen molar-refractivity contribution >= 4 is 74.3 Å². The van der Waals surface area contributed by atoms with E-state index in [1.807, 2.05) is 61.7 Å². The number of nitrogens with two attached hydrogens (primary N) is 1. The van der Waals surface area contributed by atoms with Crippen LogP contribution in [0.5, 0.6) is 0 Å². The molecular weight excluding hydrogens is 868 g/mol. The van der Waals surface area contributed by atoms with E-state index in [4.69, 9.17) is 16.4 Å². The van der Waals surface area contributed by atoms with Crippen molar-refractivity contribution in [2.75, 3.05) is 28.4 Å². The van der Waals surface area contributed by atoms with Gasteiger partial charge in [-0.3, -0.25) is 14.4 Å². The van der Waals surface area contributed by atoms with Gasteiger partial charge in [0.1, 0.15) is 0 Å². The first-order valence-corrected chi connectivity index (χ1v) is 24.1. The zero-order valence-electron chi connectivity index (χ0n) is 34.9. The molecule has 0 amide bonds.